The molecule has 2 aromatic rings. The fourth-order valence-electron chi connectivity index (χ4n) is 2.81. The van der Waals surface area contributed by atoms with Gasteiger partial charge in [0.1, 0.15) is 6.54 Å². The molecule has 3 heterocycles. The topological polar surface area (TPSA) is 59.6 Å². The van der Waals surface area contributed by atoms with Crippen molar-refractivity contribution in [3.63, 3.8) is 0 Å². The third-order valence-electron chi connectivity index (χ3n) is 4.14. The summed E-state index contributed by atoms with van der Waals surface area (Å²) in [5, 5.41) is 4.21. The molecule has 1 atom stereocenters. The van der Waals surface area contributed by atoms with E-state index in [2.05, 4.69) is 12.0 Å². The molecule has 0 bridgehead atoms. The number of aromatic nitrogens is 3. The lowest BCUT2D eigenvalue weighted by atomic mass is 10.0. The van der Waals surface area contributed by atoms with E-state index < -0.39 is 0 Å². The summed E-state index contributed by atoms with van der Waals surface area (Å²) in [6, 6.07) is 5.36. The number of likely N-dealkylation sites (tertiary alicyclic amines) is 1. The van der Waals surface area contributed by atoms with Gasteiger partial charge in [-0.2, -0.15) is 0 Å². The van der Waals surface area contributed by atoms with E-state index in [4.69, 9.17) is 0 Å². The minimum Gasteiger partial charge on any atom is -0.341 e. The summed E-state index contributed by atoms with van der Waals surface area (Å²) in [5.74, 6) is 0.648. The van der Waals surface area contributed by atoms with Crippen molar-refractivity contribution in [1.29, 1.82) is 0 Å². The Balaban J connectivity index is 1.77. The van der Waals surface area contributed by atoms with Crippen LogP contribution in [0.15, 0.2) is 29.2 Å². The summed E-state index contributed by atoms with van der Waals surface area (Å²) in [6.07, 6.45) is 4.90. The van der Waals surface area contributed by atoms with Gasteiger partial charge in [-0.05, 0) is 37.3 Å². The van der Waals surface area contributed by atoms with Gasteiger partial charge in [-0.3, -0.25) is 9.20 Å². The van der Waals surface area contributed by atoms with Crippen LogP contribution in [0.4, 0.5) is 0 Å². The Hall–Kier alpha value is -2.11. The first-order chi connectivity index (χ1) is 10.1. The van der Waals surface area contributed by atoms with Crippen LogP contribution >= 0.6 is 0 Å². The van der Waals surface area contributed by atoms with Crippen molar-refractivity contribution in [2.24, 2.45) is 5.92 Å². The molecule has 0 aliphatic carbocycles. The van der Waals surface area contributed by atoms with E-state index in [9.17, 15) is 9.59 Å². The van der Waals surface area contributed by atoms with Crippen LogP contribution in [0.5, 0.6) is 0 Å². The van der Waals surface area contributed by atoms with Crippen molar-refractivity contribution >= 4 is 11.6 Å². The Morgan fingerprint density at radius 2 is 2.19 bits per heavy atom. The predicted octanol–water partition coefficient (Wildman–Crippen LogP) is 1.14. The second-order valence-electron chi connectivity index (χ2n) is 5.79. The molecule has 0 unspecified atom stereocenters. The first-order valence-electron chi connectivity index (χ1n) is 7.47. The molecule has 1 fully saturated rings. The van der Waals surface area contributed by atoms with E-state index in [0.29, 0.717) is 11.6 Å². The third kappa shape index (κ3) is 2.84. The standard InChI is InChI=1S/C15H20N4O2/c1-12-5-4-8-17(10-7-12)14(20)11-19-15(21)18-9-3-2-6-13(18)16-19/h2-3,6,9,12H,4-5,7-8,10-11H2,1H3/t12-/m1/s1. The number of rotatable bonds is 2. The maximum atomic E-state index is 12.4. The molecule has 0 radical (unpaired) electrons. The van der Waals surface area contributed by atoms with Gasteiger partial charge in [-0.25, -0.2) is 9.48 Å². The number of nitrogens with zero attached hydrogens (tertiary/aromatic N) is 4. The lowest BCUT2D eigenvalue weighted by Gasteiger charge is -2.20. The molecule has 0 N–H and O–H groups in total. The van der Waals surface area contributed by atoms with Crippen molar-refractivity contribution in [3.05, 3.63) is 34.9 Å². The fourth-order valence-corrected chi connectivity index (χ4v) is 2.81. The lowest BCUT2D eigenvalue weighted by molar-refractivity contribution is -0.132. The van der Waals surface area contributed by atoms with E-state index in [1.54, 1.807) is 18.3 Å². The second-order valence-corrected chi connectivity index (χ2v) is 5.79. The van der Waals surface area contributed by atoms with Gasteiger partial charge >= 0.3 is 5.69 Å². The summed E-state index contributed by atoms with van der Waals surface area (Å²) < 4.78 is 2.71. The minimum absolute atomic E-state index is 0.0189. The van der Waals surface area contributed by atoms with Crippen LogP contribution in [0.2, 0.25) is 0 Å². The molecule has 1 aliphatic heterocycles. The Morgan fingerprint density at radius 1 is 1.33 bits per heavy atom. The quantitative estimate of drug-likeness (QED) is 0.832. The number of fused-ring (bicyclic) bond motifs is 1. The average molecular weight is 288 g/mol. The zero-order valence-electron chi connectivity index (χ0n) is 12.2. The van der Waals surface area contributed by atoms with Crippen molar-refractivity contribution in [2.75, 3.05) is 13.1 Å². The zero-order valence-corrected chi connectivity index (χ0v) is 12.2. The SMILES string of the molecule is C[C@@H]1CCCN(C(=O)Cn2nc3ccccn3c2=O)CC1. The molecule has 1 amide bonds. The predicted molar refractivity (Wildman–Crippen MR) is 79.0 cm³/mol. The van der Waals surface area contributed by atoms with Crippen molar-refractivity contribution in [1.82, 2.24) is 19.1 Å². The lowest BCUT2D eigenvalue weighted by Crippen LogP contribution is -2.37. The Labute approximate surface area is 123 Å². The van der Waals surface area contributed by atoms with Gasteiger partial charge in [0.05, 0.1) is 0 Å². The maximum absolute atomic E-state index is 12.4. The van der Waals surface area contributed by atoms with E-state index in [1.165, 1.54) is 9.08 Å². The first kappa shape index (κ1) is 13.9. The summed E-state index contributed by atoms with van der Waals surface area (Å²) in [7, 11) is 0. The highest BCUT2D eigenvalue weighted by Crippen LogP contribution is 2.16. The number of amides is 1. The normalized spacial score (nSPS) is 19.7. The highest BCUT2D eigenvalue weighted by Gasteiger charge is 2.20. The average Bonchev–Trinajstić information content (AvgIpc) is 2.65. The summed E-state index contributed by atoms with van der Waals surface area (Å²) in [6.45, 7) is 3.81. The Bertz CT molecular complexity index is 703. The monoisotopic (exact) mass is 288 g/mol. The van der Waals surface area contributed by atoms with Gasteiger partial charge in [0, 0.05) is 19.3 Å². The molecule has 6 nitrogen and oxygen atoms in total. The third-order valence-corrected chi connectivity index (χ3v) is 4.14. The highest BCUT2D eigenvalue weighted by molar-refractivity contribution is 5.75. The minimum atomic E-state index is -0.262. The molecule has 3 rings (SSSR count). The van der Waals surface area contributed by atoms with Gasteiger partial charge in [0.2, 0.25) is 5.91 Å². The zero-order chi connectivity index (χ0) is 14.8. The van der Waals surface area contributed by atoms with Gasteiger partial charge in [-0.15, -0.1) is 5.10 Å². The summed E-state index contributed by atoms with van der Waals surface area (Å²) >= 11 is 0. The van der Waals surface area contributed by atoms with Crippen molar-refractivity contribution < 1.29 is 4.79 Å². The van der Waals surface area contributed by atoms with Crippen molar-refractivity contribution in [3.8, 4) is 0 Å². The number of carbonyl (C=O) groups is 1. The molecule has 112 valence electrons. The van der Waals surface area contributed by atoms with Crippen LogP contribution in [-0.4, -0.2) is 38.1 Å². The van der Waals surface area contributed by atoms with Crippen LogP contribution in [0.1, 0.15) is 26.2 Å². The van der Waals surface area contributed by atoms with E-state index in [-0.39, 0.29) is 18.1 Å². The van der Waals surface area contributed by atoms with E-state index in [1.807, 2.05) is 11.0 Å². The van der Waals surface area contributed by atoms with Crippen LogP contribution in [0, 0.1) is 5.92 Å². The molecule has 1 aliphatic rings. The molecule has 0 aromatic carbocycles. The van der Waals surface area contributed by atoms with Crippen LogP contribution in [-0.2, 0) is 11.3 Å². The Kier molecular flexibility index (Phi) is 3.77. The van der Waals surface area contributed by atoms with Crippen molar-refractivity contribution in [2.45, 2.75) is 32.7 Å². The molecular formula is C15H20N4O2. The number of hydrogen-bond acceptors (Lipinski definition) is 3. The van der Waals surface area contributed by atoms with Gasteiger partial charge < -0.3 is 4.90 Å². The molecule has 1 saturated heterocycles. The van der Waals surface area contributed by atoms with Crippen LogP contribution in [0.3, 0.4) is 0 Å². The van der Waals surface area contributed by atoms with Gasteiger partial charge in [0.15, 0.2) is 5.65 Å². The van der Waals surface area contributed by atoms with E-state index >= 15 is 0 Å². The molecule has 2 aromatic heterocycles. The molecule has 0 spiro atoms. The summed E-state index contributed by atoms with van der Waals surface area (Å²) in [4.78, 5) is 26.4. The van der Waals surface area contributed by atoms with Gasteiger partial charge in [0.25, 0.3) is 0 Å². The van der Waals surface area contributed by atoms with Crippen LogP contribution < -0.4 is 5.69 Å². The smallest absolute Gasteiger partial charge is 0.341 e. The largest absolute Gasteiger partial charge is 0.350 e. The van der Waals surface area contributed by atoms with E-state index in [0.717, 1.165) is 32.4 Å². The number of hydrogen-bond donors (Lipinski definition) is 0. The number of pyridine rings is 1. The molecule has 21 heavy (non-hydrogen) atoms. The second kappa shape index (κ2) is 5.71. The molecule has 6 heteroatoms. The summed E-state index contributed by atoms with van der Waals surface area (Å²) in [5.41, 5.74) is 0.307. The highest BCUT2D eigenvalue weighted by atomic mass is 16.2. The number of carbonyl (C=O) groups excluding carboxylic acids is 1. The molecule has 0 saturated carbocycles. The Morgan fingerprint density at radius 3 is 3.00 bits per heavy atom. The fraction of sp³-hybridized carbons (Fsp3) is 0.533. The van der Waals surface area contributed by atoms with Gasteiger partial charge in [-0.1, -0.05) is 13.0 Å². The maximum Gasteiger partial charge on any atom is 0.350 e. The molecular weight excluding hydrogens is 268 g/mol. The first-order valence-corrected chi connectivity index (χ1v) is 7.47. The van der Waals surface area contributed by atoms with Crippen LogP contribution in [0.25, 0.3) is 5.65 Å².